The Labute approximate surface area is 312 Å². The lowest BCUT2D eigenvalue weighted by molar-refractivity contribution is 0.673. The van der Waals surface area contributed by atoms with Gasteiger partial charge in [-0.15, -0.1) is 0 Å². The predicted molar refractivity (Wildman–Crippen MR) is 221 cm³/mol. The normalized spacial score (nSPS) is 11.3. The van der Waals surface area contributed by atoms with Crippen LogP contribution in [0.3, 0.4) is 0 Å². The van der Waals surface area contributed by atoms with Crippen molar-refractivity contribution >= 4 is 49.8 Å². The van der Waals surface area contributed by atoms with Gasteiger partial charge in [-0.2, -0.15) is 0 Å². The molecule has 2 heterocycles. The molecule has 0 aliphatic rings. The van der Waals surface area contributed by atoms with E-state index in [2.05, 4.69) is 126 Å². The van der Waals surface area contributed by atoms with E-state index in [1.807, 2.05) is 72.8 Å². The molecule has 10 aromatic rings. The zero-order valence-electron chi connectivity index (χ0n) is 29.2. The maximum Gasteiger partial charge on any atom is 0.164 e. The average molecular weight is 693 g/mol. The van der Waals surface area contributed by atoms with Gasteiger partial charge in [0.05, 0.1) is 5.69 Å². The van der Waals surface area contributed by atoms with Gasteiger partial charge in [0.2, 0.25) is 0 Å². The van der Waals surface area contributed by atoms with Crippen molar-refractivity contribution in [2.45, 2.75) is 0 Å². The third kappa shape index (κ3) is 5.65. The number of hydrogen-bond acceptors (Lipinski definition) is 5. The van der Waals surface area contributed by atoms with Crippen molar-refractivity contribution in [1.82, 2.24) is 15.0 Å². The van der Waals surface area contributed by atoms with Gasteiger partial charge >= 0.3 is 0 Å². The minimum Gasteiger partial charge on any atom is -0.453 e. The fourth-order valence-electron chi connectivity index (χ4n) is 7.26. The number of aromatic nitrogens is 3. The Morgan fingerprint density at radius 1 is 0.333 bits per heavy atom. The quantitative estimate of drug-likeness (QED) is 0.166. The van der Waals surface area contributed by atoms with Gasteiger partial charge in [0.1, 0.15) is 5.58 Å². The molecule has 0 spiro atoms. The van der Waals surface area contributed by atoms with Crippen molar-refractivity contribution in [3.05, 3.63) is 194 Å². The number of anilines is 3. The molecular weight excluding hydrogens is 661 g/mol. The van der Waals surface area contributed by atoms with Gasteiger partial charge in [-0.05, 0) is 59.0 Å². The molecule has 5 nitrogen and oxygen atoms in total. The predicted octanol–water partition coefficient (Wildman–Crippen LogP) is 13.1. The van der Waals surface area contributed by atoms with Crippen molar-refractivity contribution < 1.29 is 4.42 Å². The van der Waals surface area contributed by atoms with Crippen LogP contribution in [0.5, 0.6) is 0 Å². The smallest absolute Gasteiger partial charge is 0.164 e. The highest BCUT2D eigenvalue weighted by molar-refractivity contribution is 6.18. The summed E-state index contributed by atoms with van der Waals surface area (Å²) in [5.41, 5.74) is 9.51. The molecule has 254 valence electrons. The van der Waals surface area contributed by atoms with Crippen LogP contribution in [0.25, 0.3) is 78.0 Å². The average Bonchev–Trinajstić information content (AvgIpc) is 3.65. The van der Waals surface area contributed by atoms with Crippen LogP contribution in [0, 0.1) is 0 Å². The van der Waals surface area contributed by atoms with E-state index in [1.165, 1.54) is 5.56 Å². The lowest BCUT2D eigenvalue weighted by Crippen LogP contribution is -2.10. The Morgan fingerprint density at radius 3 is 1.46 bits per heavy atom. The number of benzene rings is 8. The van der Waals surface area contributed by atoms with E-state index in [9.17, 15) is 0 Å². The summed E-state index contributed by atoms with van der Waals surface area (Å²) in [5, 5.41) is 4.20. The summed E-state index contributed by atoms with van der Waals surface area (Å²) in [6, 6.07) is 66.8. The van der Waals surface area contributed by atoms with Crippen LogP contribution < -0.4 is 4.90 Å². The first kappa shape index (κ1) is 31.4. The molecule has 8 aromatic carbocycles. The molecule has 0 N–H and O–H groups in total. The minimum absolute atomic E-state index is 0.577. The fourth-order valence-corrected chi connectivity index (χ4v) is 7.26. The molecule has 0 radical (unpaired) electrons. The Bertz CT molecular complexity index is 2850. The lowest BCUT2D eigenvalue weighted by atomic mass is 10.0. The summed E-state index contributed by atoms with van der Waals surface area (Å²) < 4.78 is 7.00. The summed E-state index contributed by atoms with van der Waals surface area (Å²) in [4.78, 5) is 17.5. The summed E-state index contributed by atoms with van der Waals surface area (Å²) in [5.74, 6) is 1.80. The monoisotopic (exact) mass is 692 g/mol. The summed E-state index contributed by atoms with van der Waals surface area (Å²) >= 11 is 0. The molecule has 0 aliphatic carbocycles. The van der Waals surface area contributed by atoms with E-state index in [0.717, 1.165) is 72.0 Å². The second kappa shape index (κ2) is 13.3. The molecular formula is C49H32N4O. The van der Waals surface area contributed by atoms with Gasteiger partial charge < -0.3 is 9.32 Å². The zero-order valence-corrected chi connectivity index (χ0v) is 29.2. The summed E-state index contributed by atoms with van der Waals surface area (Å²) in [6.07, 6.45) is 0. The highest BCUT2D eigenvalue weighted by Crippen LogP contribution is 2.46. The Kier molecular flexibility index (Phi) is 7.73. The number of furan rings is 1. The van der Waals surface area contributed by atoms with Crippen LogP contribution in [0.4, 0.5) is 17.1 Å². The second-order valence-electron chi connectivity index (χ2n) is 13.3. The molecule has 0 unspecified atom stereocenters. The van der Waals surface area contributed by atoms with Crippen molar-refractivity contribution in [3.8, 4) is 45.3 Å². The Hall–Kier alpha value is -7.37. The van der Waals surface area contributed by atoms with Gasteiger partial charge in [0, 0.05) is 44.2 Å². The van der Waals surface area contributed by atoms with E-state index in [-0.39, 0.29) is 0 Å². The molecule has 0 fully saturated rings. The SMILES string of the molecule is c1ccc(-c2ccc(N(c3ccccc3)c3cc(-c4nc(-c5ccccc5)nc(-c5ccccc5)n4)cc4c3oc3c5ccccc5ccc43)cc2)cc1. The number of rotatable bonds is 7. The van der Waals surface area contributed by atoms with Crippen LogP contribution in [0.2, 0.25) is 0 Å². The molecule has 10 rings (SSSR count). The molecule has 0 amide bonds. The van der Waals surface area contributed by atoms with Crippen LogP contribution in [-0.2, 0) is 0 Å². The van der Waals surface area contributed by atoms with Gasteiger partial charge in [-0.25, -0.2) is 15.0 Å². The van der Waals surface area contributed by atoms with Crippen LogP contribution in [0.1, 0.15) is 0 Å². The molecule has 54 heavy (non-hydrogen) atoms. The maximum atomic E-state index is 7.00. The van der Waals surface area contributed by atoms with Crippen molar-refractivity contribution in [2.24, 2.45) is 0 Å². The first-order valence-electron chi connectivity index (χ1n) is 18.0. The van der Waals surface area contributed by atoms with Gasteiger partial charge in [-0.3, -0.25) is 0 Å². The van der Waals surface area contributed by atoms with Crippen LogP contribution in [0.15, 0.2) is 199 Å². The Balaban J connectivity index is 1.26. The van der Waals surface area contributed by atoms with E-state index in [0.29, 0.717) is 17.5 Å². The molecule has 0 saturated heterocycles. The standard InChI is InChI=1S/C49H32N4O/c1-5-15-33(16-6-1)34-25-28-40(29-26-34)53(39-22-11-4-12-23-39)44-32-38(31-43-42-30-27-35-17-13-14-24-41(35)45(42)54-46(43)44)49-51-47(36-18-7-2-8-19-36)50-48(52-49)37-20-9-3-10-21-37/h1-32H. The van der Waals surface area contributed by atoms with E-state index < -0.39 is 0 Å². The minimum atomic E-state index is 0.577. The topological polar surface area (TPSA) is 55.1 Å². The molecule has 5 heteroatoms. The summed E-state index contributed by atoms with van der Waals surface area (Å²) in [7, 11) is 0. The largest absolute Gasteiger partial charge is 0.453 e. The zero-order chi connectivity index (χ0) is 35.8. The molecule has 0 aliphatic heterocycles. The summed E-state index contributed by atoms with van der Waals surface area (Å²) in [6.45, 7) is 0. The van der Waals surface area contributed by atoms with E-state index in [1.54, 1.807) is 0 Å². The Morgan fingerprint density at radius 2 is 0.833 bits per heavy atom. The van der Waals surface area contributed by atoms with Crippen LogP contribution in [-0.4, -0.2) is 15.0 Å². The van der Waals surface area contributed by atoms with Gasteiger partial charge in [0.25, 0.3) is 0 Å². The fraction of sp³-hybridized carbons (Fsp3) is 0. The van der Waals surface area contributed by atoms with Crippen LogP contribution >= 0.6 is 0 Å². The first-order chi connectivity index (χ1) is 26.8. The van der Waals surface area contributed by atoms with Crippen molar-refractivity contribution in [3.63, 3.8) is 0 Å². The molecule has 2 aromatic heterocycles. The maximum absolute atomic E-state index is 7.00. The lowest BCUT2D eigenvalue weighted by Gasteiger charge is -2.26. The third-order valence-corrected chi connectivity index (χ3v) is 9.89. The second-order valence-corrected chi connectivity index (χ2v) is 13.3. The number of fused-ring (bicyclic) bond motifs is 5. The molecule has 0 atom stereocenters. The van der Waals surface area contributed by atoms with Crippen molar-refractivity contribution in [2.75, 3.05) is 4.90 Å². The number of hydrogen-bond donors (Lipinski definition) is 0. The first-order valence-corrected chi connectivity index (χ1v) is 18.0. The molecule has 0 bridgehead atoms. The van der Waals surface area contributed by atoms with Gasteiger partial charge in [-0.1, -0.05) is 152 Å². The van der Waals surface area contributed by atoms with E-state index >= 15 is 0 Å². The number of para-hydroxylation sites is 1. The highest BCUT2D eigenvalue weighted by Gasteiger charge is 2.23. The third-order valence-electron chi connectivity index (χ3n) is 9.89. The van der Waals surface area contributed by atoms with E-state index in [4.69, 9.17) is 19.4 Å². The highest BCUT2D eigenvalue weighted by atomic mass is 16.3. The van der Waals surface area contributed by atoms with Gasteiger partial charge in [0.15, 0.2) is 23.1 Å². The van der Waals surface area contributed by atoms with Crippen molar-refractivity contribution in [1.29, 1.82) is 0 Å². The number of nitrogens with zero attached hydrogens (tertiary/aromatic N) is 4. The molecule has 0 saturated carbocycles.